The van der Waals surface area contributed by atoms with Gasteiger partial charge in [0.25, 0.3) is 5.69 Å². The molecule has 0 spiro atoms. The van der Waals surface area contributed by atoms with Crippen LogP contribution in [0, 0.1) is 10.1 Å². The summed E-state index contributed by atoms with van der Waals surface area (Å²) in [6, 6.07) is 20.3. The maximum atomic E-state index is 12.4. The third-order valence-electron chi connectivity index (χ3n) is 4.53. The molecule has 3 aromatic carbocycles. The van der Waals surface area contributed by atoms with Gasteiger partial charge in [0.1, 0.15) is 0 Å². The number of nitro groups is 1. The molecular weight excluding hydrogens is 410 g/mol. The van der Waals surface area contributed by atoms with E-state index in [0.717, 1.165) is 10.5 Å². The third-order valence-corrected chi connectivity index (χ3v) is 5.27. The van der Waals surface area contributed by atoms with E-state index < -0.39 is 4.92 Å². The van der Waals surface area contributed by atoms with Gasteiger partial charge in [-0.2, -0.15) is 0 Å². The van der Waals surface area contributed by atoms with Crippen LogP contribution in [0.3, 0.4) is 0 Å². The predicted octanol–water partition coefficient (Wildman–Crippen LogP) is 6.11. The first-order valence-corrected chi connectivity index (χ1v) is 10.6. The Balaban J connectivity index is 1.62. The van der Waals surface area contributed by atoms with E-state index >= 15 is 0 Å². The molecule has 0 heterocycles. The molecule has 0 amide bonds. The highest BCUT2D eigenvalue weighted by Gasteiger charge is 2.06. The molecule has 6 heteroatoms. The zero-order chi connectivity index (χ0) is 22.2. The van der Waals surface area contributed by atoms with Crippen molar-refractivity contribution >= 4 is 41.2 Å². The number of nitrogens with zero attached hydrogens (tertiary/aromatic N) is 1. The van der Waals surface area contributed by atoms with E-state index in [0.29, 0.717) is 16.7 Å². The summed E-state index contributed by atoms with van der Waals surface area (Å²) in [7, 11) is 0. The zero-order valence-corrected chi connectivity index (χ0v) is 17.5. The van der Waals surface area contributed by atoms with Crippen molar-refractivity contribution < 1.29 is 14.5 Å². The molecule has 0 aliphatic heterocycles. The predicted molar refractivity (Wildman–Crippen MR) is 124 cm³/mol. The van der Waals surface area contributed by atoms with Crippen molar-refractivity contribution in [3.63, 3.8) is 0 Å². The van der Waals surface area contributed by atoms with Gasteiger partial charge in [0, 0.05) is 28.2 Å². The average molecular weight is 429 g/mol. The van der Waals surface area contributed by atoms with E-state index in [1.807, 2.05) is 30.5 Å². The van der Waals surface area contributed by atoms with Gasteiger partial charge in [0.15, 0.2) is 11.6 Å². The standard InChI is InChI=1S/C25H19NO4S/c1-31-23-14-4-19(5-15-23)7-17-25(28)21-10-8-20(9-11-21)24(27)16-6-18-2-12-22(13-3-18)26(29)30/h2-17H,1H3/b16-6+,17-7+. The van der Waals surface area contributed by atoms with Crippen LogP contribution >= 0.6 is 11.8 Å². The lowest BCUT2D eigenvalue weighted by Crippen LogP contribution is -1.98. The number of benzene rings is 3. The summed E-state index contributed by atoms with van der Waals surface area (Å²) in [6.07, 6.45) is 8.28. The van der Waals surface area contributed by atoms with Gasteiger partial charge in [-0.3, -0.25) is 19.7 Å². The van der Waals surface area contributed by atoms with Gasteiger partial charge in [0.05, 0.1) is 4.92 Å². The van der Waals surface area contributed by atoms with Crippen LogP contribution in [0.4, 0.5) is 5.69 Å². The SMILES string of the molecule is CSc1ccc(/C=C/C(=O)c2ccc(C(=O)/C=C/c3ccc([N+](=O)[O-])cc3)cc2)cc1. The number of non-ortho nitro benzene ring substituents is 1. The van der Waals surface area contributed by atoms with Crippen molar-refractivity contribution in [2.24, 2.45) is 0 Å². The summed E-state index contributed by atoms with van der Waals surface area (Å²) in [5, 5.41) is 10.7. The summed E-state index contributed by atoms with van der Waals surface area (Å²) in [5.41, 5.74) is 2.56. The molecule has 0 unspecified atom stereocenters. The number of hydrogen-bond donors (Lipinski definition) is 0. The molecular formula is C25H19NO4S. The van der Waals surface area contributed by atoms with Gasteiger partial charge in [-0.1, -0.05) is 48.6 Å². The minimum absolute atomic E-state index is 0.00485. The summed E-state index contributed by atoms with van der Waals surface area (Å²) >= 11 is 1.66. The van der Waals surface area contributed by atoms with Crippen LogP contribution in [0.1, 0.15) is 31.8 Å². The highest BCUT2D eigenvalue weighted by atomic mass is 32.2. The van der Waals surface area contributed by atoms with Crippen LogP contribution < -0.4 is 0 Å². The number of ketones is 2. The quantitative estimate of drug-likeness (QED) is 0.142. The van der Waals surface area contributed by atoms with E-state index in [1.165, 1.54) is 24.3 Å². The number of nitro benzene ring substituents is 1. The summed E-state index contributed by atoms with van der Waals surface area (Å²) in [4.78, 5) is 36.1. The second-order valence-electron chi connectivity index (χ2n) is 6.59. The minimum Gasteiger partial charge on any atom is -0.289 e. The van der Waals surface area contributed by atoms with Crippen molar-refractivity contribution in [1.29, 1.82) is 0 Å². The van der Waals surface area contributed by atoms with Crippen LogP contribution in [0.5, 0.6) is 0 Å². The lowest BCUT2D eigenvalue weighted by molar-refractivity contribution is -0.384. The number of rotatable bonds is 8. The maximum Gasteiger partial charge on any atom is 0.269 e. The van der Waals surface area contributed by atoms with Gasteiger partial charge in [-0.05, 0) is 53.8 Å². The maximum absolute atomic E-state index is 12.4. The number of carbonyl (C=O) groups excluding carboxylic acids is 2. The van der Waals surface area contributed by atoms with Crippen LogP contribution in [-0.2, 0) is 0 Å². The van der Waals surface area contributed by atoms with Gasteiger partial charge in [0.2, 0.25) is 0 Å². The van der Waals surface area contributed by atoms with Crippen LogP contribution in [0.2, 0.25) is 0 Å². The molecule has 3 rings (SSSR count). The molecule has 0 aliphatic carbocycles. The van der Waals surface area contributed by atoms with Crippen molar-refractivity contribution in [2.75, 3.05) is 6.26 Å². The molecule has 5 nitrogen and oxygen atoms in total. The average Bonchev–Trinajstić information content (AvgIpc) is 2.81. The van der Waals surface area contributed by atoms with E-state index in [4.69, 9.17) is 0 Å². The first kappa shape index (κ1) is 21.9. The van der Waals surface area contributed by atoms with Crippen LogP contribution in [-0.4, -0.2) is 22.7 Å². The van der Waals surface area contributed by atoms with Gasteiger partial charge in [-0.25, -0.2) is 0 Å². The van der Waals surface area contributed by atoms with E-state index in [-0.39, 0.29) is 17.3 Å². The first-order valence-electron chi connectivity index (χ1n) is 9.39. The fourth-order valence-electron chi connectivity index (χ4n) is 2.76. The largest absolute Gasteiger partial charge is 0.289 e. The molecule has 0 saturated heterocycles. The molecule has 0 aliphatic rings. The van der Waals surface area contributed by atoms with Crippen molar-refractivity contribution in [2.45, 2.75) is 4.90 Å². The molecule has 0 saturated carbocycles. The molecule has 0 aromatic heterocycles. The summed E-state index contributed by atoms with van der Waals surface area (Å²) in [5.74, 6) is -0.365. The van der Waals surface area contributed by atoms with E-state index in [2.05, 4.69) is 0 Å². The lowest BCUT2D eigenvalue weighted by Gasteiger charge is -2.00. The second kappa shape index (κ2) is 10.3. The molecule has 3 aromatic rings. The minimum atomic E-state index is -0.474. The fraction of sp³-hybridized carbons (Fsp3) is 0.0400. The van der Waals surface area contributed by atoms with Gasteiger partial charge < -0.3 is 0 Å². The Kier molecular flexibility index (Phi) is 7.30. The monoisotopic (exact) mass is 429 g/mol. The Morgan fingerprint density at radius 2 is 1.16 bits per heavy atom. The molecule has 0 radical (unpaired) electrons. The normalized spacial score (nSPS) is 11.1. The molecule has 154 valence electrons. The number of carbonyl (C=O) groups is 2. The Morgan fingerprint density at radius 3 is 1.55 bits per heavy atom. The van der Waals surface area contributed by atoms with Crippen molar-refractivity contribution in [3.8, 4) is 0 Å². The van der Waals surface area contributed by atoms with E-state index in [1.54, 1.807) is 60.3 Å². The molecule has 0 atom stereocenters. The second-order valence-corrected chi connectivity index (χ2v) is 7.47. The molecule has 31 heavy (non-hydrogen) atoms. The lowest BCUT2D eigenvalue weighted by atomic mass is 10.0. The molecule has 0 bridgehead atoms. The van der Waals surface area contributed by atoms with E-state index in [9.17, 15) is 19.7 Å². The van der Waals surface area contributed by atoms with Crippen molar-refractivity contribution in [1.82, 2.24) is 0 Å². The molecule has 0 N–H and O–H groups in total. The smallest absolute Gasteiger partial charge is 0.269 e. The Hall–Kier alpha value is -3.77. The Morgan fingerprint density at radius 1 is 0.742 bits per heavy atom. The number of allylic oxidation sites excluding steroid dienone is 2. The third kappa shape index (κ3) is 6.10. The van der Waals surface area contributed by atoms with Gasteiger partial charge >= 0.3 is 0 Å². The fourth-order valence-corrected chi connectivity index (χ4v) is 3.17. The van der Waals surface area contributed by atoms with Crippen LogP contribution in [0.15, 0.2) is 89.8 Å². The highest BCUT2D eigenvalue weighted by molar-refractivity contribution is 7.98. The molecule has 0 fully saturated rings. The topological polar surface area (TPSA) is 77.3 Å². The number of thioether (sulfide) groups is 1. The highest BCUT2D eigenvalue weighted by Crippen LogP contribution is 2.16. The zero-order valence-electron chi connectivity index (χ0n) is 16.7. The first-order chi connectivity index (χ1) is 15.0. The van der Waals surface area contributed by atoms with Crippen LogP contribution in [0.25, 0.3) is 12.2 Å². The van der Waals surface area contributed by atoms with Gasteiger partial charge in [-0.15, -0.1) is 11.8 Å². The summed E-state index contributed by atoms with van der Waals surface area (Å²) < 4.78 is 0. The Labute approximate surface area is 184 Å². The Bertz CT molecular complexity index is 1150. The van der Waals surface area contributed by atoms with Crippen molar-refractivity contribution in [3.05, 3.63) is 117 Å². The number of hydrogen-bond acceptors (Lipinski definition) is 5. The summed E-state index contributed by atoms with van der Waals surface area (Å²) in [6.45, 7) is 0.